The minimum Gasteiger partial charge on any atom is -0.444 e. The zero-order chi connectivity index (χ0) is 8.65. The molecule has 1 aliphatic rings. The quantitative estimate of drug-likeness (QED) is 0.533. The molecule has 0 bridgehead atoms. The SMILES string of the molecule is CN1C[C@H](C(C)(C)C)OC1=O. The molecule has 0 unspecified atom stereocenters. The highest BCUT2D eigenvalue weighted by atomic mass is 16.6. The molecule has 3 heteroatoms. The van der Waals surface area contributed by atoms with E-state index >= 15 is 0 Å². The summed E-state index contributed by atoms with van der Waals surface area (Å²) in [5, 5.41) is 0. The Balaban J connectivity index is 2.61. The van der Waals surface area contributed by atoms with E-state index in [1.165, 1.54) is 0 Å². The van der Waals surface area contributed by atoms with Crippen LogP contribution < -0.4 is 0 Å². The van der Waals surface area contributed by atoms with Crippen LogP contribution in [-0.4, -0.2) is 30.7 Å². The van der Waals surface area contributed by atoms with Gasteiger partial charge in [-0.3, -0.25) is 0 Å². The van der Waals surface area contributed by atoms with Gasteiger partial charge in [-0.25, -0.2) is 4.79 Å². The van der Waals surface area contributed by atoms with E-state index in [4.69, 9.17) is 4.74 Å². The number of carbonyl (C=O) groups is 1. The normalized spacial score (nSPS) is 25.6. The second kappa shape index (κ2) is 2.40. The summed E-state index contributed by atoms with van der Waals surface area (Å²) in [4.78, 5) is 12.5. The average Bonchev–Trinajstić information content (AvgIpc) is 2.11. The molecule has 64 valence electrons. The zero-order valence-corrected chi connectivity index (χ0v) is 7.55. The second-order valence-corrected chi connectivity index (χ2v) is 4.12. The van der Waals surface area contributed by atoms with Gasteiger partial charge in [0.25, 0.3) is 0 Å². The largest absolute Gasteiger partial charge is 0.444 e. The Kier molecular flexibility index (Phi) is 1.82. The summed E-state index contributed by atoms with van der Waals surface area (Å²) in [6.45, 7) is 6.93. The van der Waals surface area contributed by atoms with Crippen molar-refractivity contribution in [1.82, 2.24) is 4.90 Å². The summed E-state index contributed by atoms with van der Waals surface area (Å²) >= 11 is 0. The first-order chi connectivity index (χ1) is 4.91. The number of ether oxygens (including phenoxy) is 1. The van der Waals surface area contributed by atoms with Crippen LogP contribution in [0.1, 0.15) is 20.8 Å². The van der Waals surface area contributed by atoms with E-state index in [-0.39, 0.29) is 17.6 Å². The van der Waals surface area contributed by atoms with Crippen LogP contribution in [0.15, 0.2) is 0 Å². The van der Waals surface area contributed by atoms with E-state index in [0.29, 0.717) is 6.54 Å². The van der Waals surface area contributed by atoms with E-state index in [1.54, 1.807) is 11.9 Å². The van der Waals surface area contributed by atoms with E-state index in [2.05, 4.69) is 20.8 Å². The number of nitrogens with zero attached hydrogens (tertiary/aromatic N) is 1. The number of carbonyl (C=O) groups excluding carboxylic acids is 1. The maximum atomic E-state index is 10.9. The predicted molar refractivity (Wildman–Crippen MR) is 42.4 cm³/mol. The van der Waals surface area contributed by atoms with Gasteiger partial charge >= 0.3 is 6.09 Å². The number of amides is 1. The fourth-order valence-electron chi connectivity index (χ4n) is 1.02. The minimum atomic E-state index is -0.204. The Bertz CT molecular complexity index is 171. The van der Waals surface area contributed by atoms with Crippen LogP contribution in [0.5, 0.6) is 0 Å². The number of hydrogen-bond donors (Lipinski definition) is 0. The van der Waals surface area contributed by atoms with E-state index in [0.717, 1.165) is 0 Å². The van der Waals surface area contributed by atoms with Gasteiger partial charge in [0.2, 0.25) is 0 Å². The molecule has 11 heavy (non-hydrogen) atoms. The van der Waals surface area contributed by atoms with Crippen molar-refractivity contribution in [2.45, 2.75) is 26.9 Å². The maximum absolute atomic E-state index is 10.9. The molecule has 0 aromatic heterocycles. The molecular formula is C8H15NO2. The lowest BCUT2D eigenvalue weighted by Crippen LogP contribution is -2.29. The number of cyclic esters (lactones) is 1. The summed E-state index contributed by atoms with van der Waals surface area (Å²) in [6.07, 6.45) is -0.162. The lowest BCUT2D eigenvalue weighted by molar-refractivity contribution is 0.0725. The van der Waals surface area contributed by atoms with Gasteiger partial charge in [-0.15, -0.1) is 0 Å². The molecular weight excluding hydrogens is 142 g/mol. The molecule has 1 aliphatic heterocycles. The van der Waals surface area contributed by atoms with Crippen molar-refractivity contribution < 1.29 is 9.53 Å². The van der Waals surface area contributed by atoms with Crippen LogP contribution >= 0.6 is 0 Å². The zero-order valence-electron chi connectivity index (χ0n) is 7.55. The summed E-state index contributed by atoms with van der Waals surface area (Å²) in [5.41, 5.74) is 0.0560. The van der Waals surface area contributed by atoms with Gasteiger partial charge in [-0.05, 0) is 0 Å². The Morgan fingerprint density at radius 3 is 2.27 bits per heavy atom. The summed E-state index contributed by atoms with van der Waals surface area (Å²) < 4.78 is 5.12. The fourth-order valence-corrected chi connectivity index (χ4v) is 1.02. The first-order valence-electron chi connectivity index (χ1n) is 3.83. The average molecular weight is 157 g/mol. The number of likely N-dealkylation sites (N-methyl/N-ethyl adjacent to an activating group) is 1. The molecule has 3 nitrogen and oxygen atoms in total. The number of hydrogen-bond acceptors (Lipinski definition) is 2. The van der Waals surface area contributed by atoms with Gasteiger partial charge in [0.1, 0.15) is 6.10 Å². The van der Waals surface area contributed by atoms with Crippen molar-refractivity contribution in [2.24, 2.45) is 5.41 Å². The molecule has 0 radical (unpaired) electrons. The molecule has 0 saturated carbocycles. The van der Waals surface area contributed by atoms with Crippen LogP contribution in [0.3, 0.4) is 0 Å². The Morgan fingerprint density at radius 2 is 2.09 bits per heavy atom. The van der Waals surface area contributed by atoms with Crippen LogP contribution in [0, 0.1) is 5.41 Å². The third kappa shape index (κ3) is 1.64. The van der Waals surface area contributed by atoms with Crippen molar-refractivity contribution in [1.29, 1.82) is 0 Å². The van der Waals surface area contributed by atoms with Crippen LogP contribution in [0.25, 0.3) is 0 Å². The van der Waals surface area contributed by atoms with Crippen molar-refractivity contribution in [3.05, 3.63) is 0 Å². The monoisotopic (exact) mass is 157 g/mol. The maximum Gasteiger partial charge on any atom is 0.409 e. The fraction of sp³-hybridized carbons (Fsp3) is 0.875. The minimum absolute atomic E-state index is 0.0417. The summed E-state index contributed by atoms with van der Waals surface area (Å²) in [7, 11) is 1.76. The Morgan fingerprint density at radius 1 is 1.55 bits per heavy atom. The highest BCUT2D eigenvalue weighted by Crippen LogP contribution is 2.26. The van der Waals surface area contributed by atoms with Crippen molar-refractivity contribution in [3.63, 3.8) is 0 Å². The third-order valence-corrected chi connectivity index (χ3v) is 1.96. The number of rotatable bonds is 0. The molecule has 0 aliphatic carbocycles. The molecule has 1 saturated heterocycles. The highest BCUT2D eigenvalue weighted by molar-refractivity contribution is 5.69. The molecule has 1 atom stereocenters. The standard InChI is InChI=1S/C8H15NO2/c1-8(2,3)6-5-9(4)7(10)11-6/h6H,5H2,1-4H3/t6-/m1/s1. The molecule has 0 spiro atoms. The molecule has 1 fully saturated rings. The van der Waals surface area contributed by atoms with Crippen molar-refractivity contribution >= 4 is 6.09 Å². The van der Waals surface area contributed by atoms with Gasteiger partial charge in [0.15, 0.2) is 0 Å². The summed E-state index contributed by atoms with van der Waals surface area (Å²) in [5.74, 6) is 0. The predicted octanol–water partition coefficient (Wildman–Crippen LogP) is 1.48. The highest BCUT2D eigenvalue weighted by Gasteiger charge is 2.36. The Hall–Kier alpha value is -0.730. The van der Waals surface area contributed by atoms with Crippen molar-refractivity contribution in [3.8, 4) is 0 Å². The molecule has 0 N–H and O–H groups in total. The summed E-state index contributed by atoms with van der Waals surface area (Å²) in [6, 6.07) is 0. The van der Waals surface area contributed by atoms with Gasteiger partial charge in [0, 0.05) is 12.5 Å². The smallest absolute Gasteiger partial charge is 0.409 e. The van der Waals surface area contributed by atoms with Crippen LogP contribution in [0.2, 0.25) is 0 Å². The van der Waals surface area contributed by atoms with Gasteiger partial charge in [-0.2, -0.15) is 0 Å². The lowest BCUT2D eigenvalue weighted by atomic mass is 9.89. The van der Waals surface area contributed by atoms with Gasteiger partial charge < -0.3 is 9.64 Å². The molecule has 1 amide bonds. The molecule has 0 aromatic rings. The van der Waals surface area contributed by atoms with Gasteiger partial charge in [0.05, 0.1) is 6.54 Å². The van der Waals surface area contributed by atoms with E-state index < -0.39 is 0 Å². The van der Waals surface area contributed by atoms with Crippen molar-refractivity contribution in [2.75, 3.05) is 13.6 Å². The van der Waals surface area contributed by atoms with E-state index in [1.807, 2.05) is 0 Å². The topological polar surface area (TPSA) is 29.5 Å². The Labute approximate surface area is 67.3 Å². The second-order valence-electron chi connectivity index (χ2n) is 4.12. The molecule has 1 heterocycles. The van der Waals surface area contributed by atoms with Gasteiger partial charge in [-0.1, -0.05) is 20.8 Å². The first-order valence-corrected chi connectivity index (χ1v) is 3.83. The first kappa shape index (κ1) is 8.37. The van der Waals surface area contributed by atoms with E-state index in [9.17, 15) is 4.79 Å². The third-order valence-electron chi connectivity index (χ3n) is 1.96. The lowest BCUT2D eigenvalue weighted by Gasteiger charge is -2.23. The molecule has 1 rings (SSSR count). The van der Waals surface area contributed by atoms with Crippen LogP contribution in [-0.2, 0) is 4.74 Å². The van der Waals surface area contributed by atoms with Crippen LogP contribution in [0.4, 0.5) is 4.79 Å². The molecule has 0 aromatic carbocycles.